The van der Waals surface area contributed by atoms with Gasteiger partial charge in [0.1, 0.15) is 6.07 Å². The molecule has 5 rings (SSSR count). The number of nitrogens with zero attached hydrogens (tertiary/aromatic N) is 4. The van der Waals surface area contributed by atoms with Gasteiger partial charge in [-0.15, -0.1) is 0 Å². The Bertz CT molecular complexity index is 1370. The molecule has 11 nitrogen and oxygen atoms in total. The molecule has 0 bridgehead atoms. The number of furan rings is 1. The second-order valence-corrected chi connectivity index (χ2v) is 7.54. The van der Waals surface area contributed by atoms with Crippen molar-refractivity contribution in [1.82, 2.24) is 15.1 Å². The van der Waals surface area contributed by atoms with Crippen LogP contribution in [0, 0.1) is 17.2 Å². The van der Waals surface area contributed by atoms with E-state index in [-0.39, 0.29) is 23.4 Å². The summed E-state index contributed by atoms with van der Waals surface area (Å²) in [5.41, 5.74) is 1.40. The minimum atomic E-state index is -0.645. The number of aromatic amines is 1. The zero-order chi connectivity index (χ0) is 22.8. The summed E-state index contributed by atoms with van der Waals surface area (Å²) in [6.07, 6.45) is 2.68. The van der Waals surface area contributed by atoms with Crippen molar-refractivity contribution in [1.29, 1.82) is 5.26 Å². The monoisotopic (exact) mass is 446 g/mol. The first kappa shape index (κ1) is 20.3. The van der Waals surface area contributed by atoms with Crippen LogP contribution < -0.4 is 16.0 Å². The lowest BCUT2D eigenvalue weighted by atomic mass is 9.95. The van der Waals surface area contributed by atoms with E-state index in [9.17, 15) is 14.9 Å². The first-order valence-corrected chi connectivity index (χ1v) is 10.3. The molecule has 0 saturated carbocycles. The van der Waals surface area contributed by atoms with Crippen LogP contribution in [0.1, 0.15) is 18.5 Å². The van der Waals surface area contributed by atoms with E-state index in [1.165, 1.54) is 6.26 Å². The number of hydrogen-bond acceptors (Lipinski definition) is 9. The Balaban J connectivity index is 1.23. The third kappa shape index (κ3) is 4.14. The number of carbonyl (C=O) groups is 1. The molecule has 3 aromatic heterocycles. The Labute approximate surface area is 186 Å². The van der Waals surface area contributed by atoms with Crippen molar-refractivity contribution in [3.05, 3.63) is 58.9 Å². The van der Waals surface area contributed by atoms with Crippen LogP contribution in [0.25, 0.3) is 23.0 Å². The van der Waals surface area contributed by atoms with Crippen LogP contribution >= 0.6 is 0 Å². The molecule has 4 aromatic rings. The van der Waals surface area contributed by atoms with Gasteiger partial charge in [0, 0.05) is 30.3 Å². The van der Waals surface area contributed by atoms with Crippen molar-refractivity contribution in [2.45, 2.75) is 12.8 Å². The van der Waals surface area contributed by atoms with E-state index < -0.39 is 5.76 Å². The van der Waals surface area contributed by atoms with Gasteiger partial charge in [0.15, 0.2) is 11.6 Å². The highest BCUT2D eigenvalue weighted by atomic mass is 16.5. The lowest BCUT2D eigenvalue weighted by Crippen LogP contribution is -2.38. The lowest BCUT2D eigenvalue weighted by molar-refractivity contribution is -0.120. The molecular weight excluding hydrogens is 428 g/mol. The average molecular weight is 446 g/mol. The Morgan fingerprint density at radius 2 is 2.09 bits per heavy atom. The van der Waals surface area contributed by atoms with E-state index in [4.69, 9.17) is 8.83 Å². The number of piperidine rings is 1. The van der Waals surface area contributed by atoms with Gasteiger partial charge in [-0.05, 0) is 37.1 Å². The Morgan fingerprint density at radius 3 is 2.79 bits per heavy atom. The highest BCUT2D eigenvalue weighted by Gasteiger charge is 2.29. The number of oxazole rings is 1. The largest absolute Gasteiger partial charge is 0.459 e. The minimum Gasteiger partial charge on any atom is -0.459 e. The van der Waals surface area contributed by atoms with Crippen LogP contribution in [0.3, 0.4) is 0 Å². The first-order valence-electron chi connectivity index (χ1n) is 10.3. The number of benzene rings is 1. The second kappa shape index (κ2) is 8.51. The number of amides is 1. The van der Waals surface area contributed by atoms with Gasteiger partial charge in [-0.3, -0.25) is 14.3 Å². The molecule has 2 N–H and O–H groups in total. The van der Waals surface area contributed by atoms with Gasteiger partial charge in [-0.25, -0.2) is 4.79 Å². The van der Waals surface area contributed by atoms with E-state index in [1.807, 2.05) is 4.90 Å². The van der Waals surface area contributed by atoms with E-state index >= 15 is 0 Å². The predicted molar refractivity (Wildman–Crippen MR) is 115 cm³/mol. The van der Waals surface area contributed by atoms with Crippen LogP contribution in [0.15, 0.2) is 60.8 Å². The summed E-state index contributed by atoms with van der Waals surface area (Å²) < 4.78 is 15.6. The zero-order valence-corrected chi connectivity index (χ0v) is 17.3. The normalized spacial score (nSPS) is 14.2. The summed E-state index contributed by atoms with van der Waals surface area (Å²) in [6, 6.07) is 12.5. The number of carbonyl (C=O) groups excluding carboxylic acids is 1. The Kier molecular flexibility index (Phi) is 5.24. The van der Waals surface area contributed by atoms with Gasteiger partial charge < -0.3 is 19.1 Å². The van der Waals surface area contributed by atoms with Gasteiger partial charge in [-0.1, -0.05) is 17.3 Å². The maximum Gasteiger partial charge on any atom is 0.439 e. The van der Waals surface area contributed by atoms with Crippen molar-refractivity contribution >= 4 is 17.5 Å². The smallest absolute Gasteiger partial charge is 0.439 e. The SMILES string of the molecule is N#Cc1nc(-c2ccco2)oc1N1CCC(C(=O)Nc2cccc(-c3noc(=O)[nH]3)c2)CC1. The van der Waals surface area contributed by atoms with Crippen LogP contribution in [-0.2, 0) is 4.79 Å². The first-order chi connectivity index (χ1) is 16.1. The highest BCUT2D eigenvalue weighted by molar-refractivity contribution is 5.93. The quantitative estimate of drug-likeness (QED) is 0.471. The van der Waals surface area contributed by atoms with Crippen molar-refractivity contribution in [3.63, 3.8) is 0 Å². The molecule has 0 spiro atoms. The average Bonchev–Trinajstić information content (AvgIpc) is 3.60. The summed E-state index contributed by atoms with van der Waals surface area (Å²) in [5.74, 6) is 0.429. The summed E-state index contributed by atoms with van der Waals surface area (Å²) in [7, 11) is 0. The molecule has 0 atom stereocenters. The third-order valence-electron chi connectivity index (χ3n) is 5.44. The molecule has 166 valence electrons. The predicted octanol–water partition coefficient (Wildman–Crippen LogP) is 3.00. The second-order valence-electron chi connectivity index (χ2n) is 7.54. The van der Waals surface area contributed by atoms with Gasteiger partial charge in [0.25, 0.3) is 5.89 Å². The van der Waals surface area contributed by atoms with Crippen LogP contribution in [0.4, 0.5) is 11.6 Å². The van der Waals surface area contributed by atoms with Crippen LogP contribution in [-0.4, -0.2) is 34.1 Å². The van der Waals surface area contributed by atoms with Gasteiger partial charge in [0.2, 0.25) is 17.5 Å². The number of nitrogens with one attached hydrogen (secondary N) is 2. The van der Waals surface area contributed by atoms with E-state index in [0.717, 1.165) is 0 Å². The van der Waals surface area contributed by atoms with Gasteiger partial charge in [0.05, 0.1) is 6.26 Å². The molecule has 4 heterocycles. The van der Waals surface area contributed by atoms with Gasteiger partial charge >= 0.3 is 5.76 Å². The molecule has 1 amide bonds. The topological polar surface area (TPSA) is 154 Å². The number of aromatic nitrogens is 3. The molecule has 1 aliphatic rings. The van der Waals surface area contributed by atoms with E-state index in [1.54, 1.807) is 36.4 Å². The number of H-pyrrole nitrogens is 1. The fraction of sp³-hybridized carbons (Fsp3) is 0.227. The zero-order valence-electron chi connectivity index (χ0n) is 17.3. The molecule has 0 aliphatic carbocycles. The maximum atomic E-state index is 12.8. The standard InChI is InChI=1S/C22H18N6O5/c23-12-16-21(32-20(25-16)17-5-2-10-31-17)28-8-6-13(7-9-28)19(29)24-15-4-1-3-14(11-15)18-26-22(30)33-27-18/h1-5,10-11,13H,6-9H2,(H,24,29)(H,26,27,30). The summed E-state index contributed by atoms with van der Waals surface area (Å²) in [6.45, 7) is 1.08. The molecule has 0 radical (unpaired) electrons. The van der Waals surface area contributed by atoms with E-state index in [0.29, 0.717) is 54.7 Å². The van der Waals surface area contributed by atoms with E-state index in [2.05, 4.69) is 31.0 Å². The molecule has 1 aliphatic heterocycles. The molecule has 33 heavy (non-hydrogen) atoms. The minimum absolute atomic E-state index is 0.102. The lowest BCUT2D eigenvalue weighted by Gasteiger charge is -2.31. The fourth-order valence-electron chi connectivity index (χ4n) is 3.79. The molecule has 0 unspecified atom stereocenters. The summed E-state index contributed by atoms with van der Waals surface area (Å²) in [4.78, 5) is 32.6. The maximum absolute atomic E-state index is 12.8. The molecule has 1 aromatic carbocycles. The summed E-state index contributed by atoms with van der Waals surface area (Å²) >= 11 is 0. The third-order valence-corrected chi connectivity index (χ3v) is 5.44. The molecule has 1 saturated heterocycles. The van der Waals surface area contributed by atoms with Crippen molar-refractivity contribution in [2.24, 2.45) is 5.92 Å². The van der Waals surface area contributed by atoms with Crippen molar-refractivity contribution in [3.8, 4) is 29.1 Å². The number of hydrogen-bond donors (Lipinski definition) is 2. The van der Waals surface area contributed by atoms with Crippen molar-refractivity contribution < 1.29 is 18.2 Å². The van der Waals surface area contributed by atoms with Crippen LogP contribution in [0.5, 0.6) is 0 Å². The Hall–Kier alpha value is -4.59. The summed E-state index contributed by atoms with van der Waals surface area (Å²) in [5, 5.41) is 16.0. The van der Waals surface area contributed by atoms with Gasteiger partial charge in [-0.2, -0.15) is 10.2 Å². The number of anilines is 2. The highest BCUT2D eigenvalue weighted by Crippen LogP contribution is 2.31. The fourth-order valence-corrected chi connectivity index (χ4v) is 3.79. The number of nitriles is 1. The van der Waals surface area contributed by atoms with Crippen LogP contribution in [0.2, 0.25) is 0 Å². The van der Waals surface area contributed by atoms with Crippen molar-refractivity contribution in [2.75, 3.05) is 23.3 Å². The molecular formula is C22H18N6O5. The molecule has 11 heteroatoms. The Morgan fingerprint density at radius 1 is 1.24 bits per heavy atom. The molecule has 1 fully saturated rings. The number of rotatable bonds is 5.